The number of anilines is 1. The Bertz CT molecular complexity index is 568. The number of hydrogen-bond donors (Lipinski definition) is 1. The second kappa shape index (κ2) is 6.22. The molecule has 1 aliphatic carbocycles. The second-order valence-corrected chi connectivity index (χ2v) is 5.80. The zero-order valence-corrected chi connectivity index (χ0v) is 12.6. The van der Waals surface area contributed by atoms with E-state index in [1.54, 1.807) is 12.1 Å². The van der Waals surface area contributed by atoms with Gasteiger partial charge >= 0.3 is 0 Å². The molecule has 0 unspecified atom stereocenters. The molecule has 0 saturated heterocycles. The first kappa shape index (κ1) is 14.8. The number of hydrogen-bond acceptors (Lipinski definition) is 3. The molecule has 4 nitrogen and oxygen atoms in total. The van der Waals surface area contributed by atoms with Gasteiger partial charge < -0.3 is 15.2 Å². The molecule has 1 amide bonds. The maximum atomic E-state index is 12.3. The number of allylic oxidation sites excluding steroid dienone is 2. The fraction of sp³-hybridized carbons (Fsp3) is 0.333. The lowest BCUT2D eigenvalue weighted by atomic mass is 9.82. The zero-order valence-electron chi connectivity index (χ0n) is 11.1. The van der Waals surface area contributed by atoms with Crippen molar-refractivity contribution in [1.29, 1.82) is 0 Å². The van der Waals surface area contributed by atoms with E-state index in [1.807, 2.05) is 25.1 Å². The summed E-state index contributed by atoms with van der Waals surface area (Å²) in [6, 6.07) is 5.58. The van der Waals surface area contributed by atoms with Crippen LogP contribution >= 0.6 is 15.9 Å². The summed E-state index contributed by atoms with van der Waals surface area (Å²) in [5, 5.41) is 13.9. The predicted molar refractivity (Wildman–Crippen MR) is 77.9 cm³/mol. The van der Waals surface area contributed by atoms with Crippen LogP contribution in [0.4, 0.5) is 5.69 Å². The van der Waals surface area contributed by atoms with Crippen molar-refractivity contribution >= 4 is 33.5 Å². The first-order valence-corrected chi connectivity index (χ1v) is 7.21. The zero-order chi connectivity index (χ0) is 14.7. The highest BCUT2D eigenvalue weighted by Crippen LogP contribution is 2.29. The van der Waals surface area contributed by atoms with Gasteiger partial charge in [-0.1, -0.05) is 18.2 Å². The molecule has 1 aliphatic rings. The standard InChI is InChI=1S/C15H16BrNO3/c1-9-6-7-13(12(16)8-9)17-14(18)10-4-2-3-5-11(10)15(19)20/h2-3,6-8,10-11H,4-5H2,1H3,(H,17,18)(H,19,20)/p-1/t10-,11+/m1/s1. The summed E-state index contributed by atoms with van der Waals surface area (Å²) in [5.74, 6) is -2.80. The minimum atomic E-state index is -1.17. The van der Waals surface area contributed by atoms with Crippen molar-refractivity contribution in [3.63, 3.8) is 0 Å². The molecule has 0 radical (unpaired) electrons. The monoisotopic (exact) mass is 336 g/mol. The van der Waals surface area contributed by atoms with Gasteiger partial charge in [-0.25, -0.2) is 0 Å². The molecule has 2 atom stereocenters. The number of nitrogens with one attached hydrogen (secondary N) is 1. The van der Waals surface area contributed by atoms with Gasteiger partial charge in [0, 0.05) is 16.4 Å². The fourth-order valence-electron chi connectivity index (χ4n) is 2.31. The summed E-state index contributed by atoms with van der Waals surface area (Å²) in [5.41, 5.74) is 1.72. The molecular weight excluding hydrogens is 322 g/mol. The third-order valence-corrected chi connectivity index (χ3v) is 4.11. The van der Waals surface area contributed by atoms with Crippen molar-refractivity contribution in [2.24, 2.45) is 11.8 Å². The molecule has 0 fully saturated rings. The summed E-state index contributed by atoms with van der Waals surface area (Å²) < 4.78 is 0.780. The molecule has 1 aromatic carbocycles. The van der Waals surface area contributed by atoms with Gasteiger partial charge in [0.2, 0.25) is 5.91 Å². The number of halogens is 1. The Hall–Kier alpha value is -1.62. The molecule has 5 heteroatoms. The van der Waals surface area contributed by atoms with Crippen molar-refractivity contribution in [2.75, 3.05) is 5.32 Å². The molecule has 0 aromatic heterocycles. The average molecular weight is 337 g/mol. The highest BCUT2D eigenvalue weighted by atomic mass is 79.9. The number of rotatable bonds is 3. The molecule has 2 rings (SSSR count). The Labute approximate surface area is 126 Å². The largest absolute Gasteiger partial charge is 0.550 e. The van der Waals surface area contributed by atoms with Gasteiger partial charge in [-0.3, -0.25) is 4.79 Å². The van der Waals surface area contributed by atoms with Crippen LogP contribution in [0.3, 0.4) is 0 Å². The predicted octanol–water partition coefficient (Wildman–Crippen LogP) is 2.03. The highest BCUT2D eigenvalue weighted by molar-refractivity contribution is 9.10. The van der Waals surface area contributed by atoms with Crippen LogP contribution in [0.1, 0.15) is 18.4 Å². The van der Waals surface area contributed by atoms with E-state index in [4.69, 9.17) is 0 Å². The Morgan fingerprint density at radius 2 is 1.90 bits per heavy atom. The summed E-state index contributed by atoms with van der Waals surface area (Å²) >= 11 is 3.39. The molecule has 106 valence electrons. The topological polar surface area (TPSA) is 69.2 Å². The van der Waals surface area contributed by atoms with Crippen LogP contribution < -0.4 is 10.4 Å². The second-order valence-electron chi connectivity index (χ2n) is 4.95. The first-order chi connectivity index (χ1) is 9.49. The molecule has 20 heavy (non-hydrogen) atoms. The Balaban J connectivity index is 2.14. The van der Waals surface area contributed by atoms with Crippen molar-refractivity contribution in [2.45, 2.75) is 19.8 Å². The van der Waals surface area contributed by atoms with E-state index in [0.717, 1.165) is 10.0 Å². The van der Waals surface area contributed by atoms with Gasteiger partial charge in [-0.15, -0.1) is 0 Å². The van der Waals surface area contributed by atoms with Crippen molar-refractivity contribution in [1.82, 2.24) is 0 Å². The van der Waals surface area contributed by atoms with Crippen LogP contribution in [0.2, 0.25) is 0 Å². The number of aryl methyl sites for hydroxylation is 1. The minimum absolute atomic E-state index is 0.284. The van der Waals surface area contributed by atoms with Crippen LogP contribution in [0.5, 0.6) is 0 Å². The van der Waals surface area contributed by atoms with Crippen molar-refractivity contribution in [3.8, 4) is 0 Å². The number of carbonyl (C=O) groups excluding carboxylic acids is 2. The third-order valence-electron chi connectivity index (χ3n) is 3.45. The molecule has 1 N–H and O–H groups in total. The van der Waals surface area contributed by atoms with Gasteiger partial charge in [-0.05, 0) is 53.4 Å². The van der Waals surface area contributed by atoms with Crippen LogP contribution in [-0.4, -0.2) is 11.9 Å². The lowest BCUT2D eigenvalue weighted by molar-refractivity contribution is -0.313. The van der Waals surface area contributed by atoms with E-state index in [-0.39, 0.29) is 5.91 Å². The number of benzene rings is 1. The van der Waals surface area contributed by atoms with Crippen LogP contribution in [0.25, 0.3) is 0 Å². The van der Waals surface area contributed by atoms with E-state index in [1.165, 1.54) is 0 Å². The summed E-state index contributed by atoms with van der Waals surface area (Å²) in [6.07, 6.45) is 4.39. The van der Waals surface area contributed by atoms with Gasteiger partial charge in [0.25, 0.3) is 0 Å². The summed E-state index contributed by atoms with van der Waals surface area (Å²) in [7, 11) is 0. The third kappa shape index (κ3) is 3.28. The maximum Gasteiger partial charge on any atom is 0.228 e. The number of amides is 1. The van der Waals surface area contributed by atoms with Crippen molar-refractivity contribution in [3.05, 3.63) is 40.4 Å². The smallest absolute Gasteiger partial charge is 0.228 e. The molecule has 0 bridgehead atoms. The Morgan fingerprint density at radius 3 is 2.50 bits per heavy atom. The molecule has 0 spiro atoms. The lowest BCUT2D eigenvalue weighted by Gasteiger charge is -2.28. The maximum absolute atomic E-state index is 12.3. The number of aliphatic carboxylic acids is 1. The van der Waals surface area contributed by atoms with E-state index in [9.17, 15) is 14.7 Å². The molecular formula is C15H15BrNO3-. The van der Waals surface area contributed by atoms with E-state index < -0.39 is 17.8 Å². The quantitative estimate of drug-likeness (QED) is 0.858. The summed E-state index contributed by atoms with van der Waals surface area (Å²) in [4.78, 5) is 23.4. The normalized spacial score (nSPS) is 21.5. The molecule has 0 heterocycles. The molecule has 1 aromatic rings. The van der Waals surface area contributed by atoms with Gasteiger partial charge in [0.15, 0.2) is 0 Å². The molecule has 0 aliphatic heterocycles. The Kier molecular flexibility index (Phi) is 4.60. The van der Waals surface area contributed by atoms with Gasteiger partial charge in [0.1, 0.15) is 0 Å². The Morgan fingerprint density at radius 1 is 1.25 bits per heavy atom. The van der Waals surface area contributed by atoms with Gasteiger partial charge in [0.05, 0.1) is 11.6 Å². The number of carboxylic acids is 1. The minimum Gasteiger partial charge on any atom is -0.550 e. The van der Waals surface area contributed by atoms with Crippen molar-refractivity contribution < 1.29 is 14.7 Å². The SMILES string of the molecule is Cc1ccc(NC(=O)[C@@H]2CC=CC[C@@H]2C(=O)[O-])c(Br)c1. The molecule has 0 saturated carbocycles. The van der Waals surface area contributed by atoms with E-state index >= 15 is 0 Å². The number of carboxylic acid groups (broad SMARTS) is 1. The summed E-state index contributed by atoms with van der Waals surface area (Å²) in [6.45, 7) is 1.95. The van der Waals surface area contributed by atoms with E-state index in [2.05, 4.69) is 21.2 Å². The van der Waals surface area contributed by atoms with Crippen LogP contribution in [0.15, 0.2) is 34.8 Å². The highest BCUT2D eigenvalue weighted by Gasteiger charge is 2.30. The van der Waals surface area contributed by atoms with Gasteiger partial charge in [-0.2, -0.15) is 0 Å². The van der Waals surface area contributed by atoms with E-state index in [0.29, 0.717) is 18.5 Å². The lowest BCUT2D eigenvalue weighted by Crippen LogP contribution is -2.41. The number of carbonyl (C=O) groups is 2. The van der Waals surface area contributed by atoms with Crippen LogP contribution in [0, 0.1) is 18.8 Å². The first-order valence-electron chi connectivity index (χ1n) is 6.42. The fourth-order valence-corrected chi connectivity index (χ4v) is 2.90. The average Bonchev–Trinajstić information content (AvgIpc) is 2.41. The van der Waals surface area contributed by atoms with Crippen LogP contribution in [-0.2, 0) is 9.59 Å².